The molecule has 0 aliphatic carbocycles. The number of benzene rings is 1. The van der Waals surface area contributed by atoms with Crippen LogP contribution in [0.15, 0.2) is 54.7 Å². The van der Waals surface area contributed by atoms with Crippen LogP contribution in [0.3, 0.4) is 0 Å². The Morgan fingerprint density at radius 1 is 1.19 bits per heavy atom. The summed E-state index contributed by atoms with van der Waals surface area (Å²) in [5.41, 5.74) is 3.42. The van der Waals surface area contributed by atoms with Gasteiger partial charge in [0.1, 0.15) is 5.65 Å². The molecule has 4 rings (SSSR count). The number of hydrogen-bond acceptors (Lipinski definition) is 4. The lowest BCUT2D eigenvalue weighted by Crippen LogP contribution is -2.40. The molecule has 31 heavy (non-hydrogen) atoms. The molecule has 2 aromatic heterocycles. The zero-order valence-corrected chi connectivity index (χ0v) is 18.5. The summed E-state index contributed by atoms with van der Waals surface area (Å²) in [5, 5.41) is 0. The molecule has 0 bridgehead atoms. The number of nitrogens with zero attached hydrogens (tertiary/aromatic N) is 4. The lowest BCUT2D eigenvalue weighted by Gasteiger charge is -2.32. The minimum absolute atomic E-state index is 0.0432. The molecule has 1 atom stereocenters. The van der Waals surface area contributed by atoms with Gasteiger partial charge in [-0.1, -0.05) is 43.3 Å². The van der Waals surface area contributed by atoms with E-state index in [9.17, 15) is 4.79 Å². The number of likely N-dealkylation sites (tertiary alicyclic amines) is 1. The first-order valence-electron chi connectivity index (χ1n) is 11.2. The van der Waals surface area contributed by atoms with Crippen molar-refractivity contribution in [2.24, 2.45) is 0 Å². The molecule has 1 aromatic carbocycles. The predicted octanol–water partition coefficient (Wildman–Crippen LogP) is 4.00. The van der Waals surface area contributed by atoms with Crippen LogP contribution in [-0.2, 0) is 17.8 Å². The Labute approximate surface area is 184 Å². The molecule has 0 spiro atoms. The second kappa shape index (κ2) is 10.1. The van der Waals surface area contributed by atoms with Gasteiger partial charge in [0.05, 0.1) is 11.8 Å². The molecule has 0 radical (unpaired) electrons. The van der Waals surface area contributed by atoms with E-state index in [1.807, 2.05) is 61.8 Å². The van der Waals surface area contributed by atoms with E-state index in [1.165, 1.54) is 0 Å². The Kier molecular flexibility index (Phi) is 6.99. The Morgan fingerprint density at radius 3 is 2.81 bits per heavy atom. The van der Waals surface area contributed by atoms with Gasteiger partial charge in [-0.05, 0) is 43.5 Å². The number of piperidine rings is 1. The summed E-state index contributed by atoms with van der Waals surface area (Å²) in [6, 6.07) is 16.0. The van der Waals surface area contributed by atoms with Crippen molar-refractivity contribution in [3.8, 4) is 0 Å². The van der Waals surface area contributed by atoms with Crippen LogP contribution >= 0.6 is 0 Å². The zero-order valence-electron chi connectivity index (χ0n) is 18.5. The van der Waals surface area contributed by atoms with E-state index < -0.39 is 0 Å². The minimum atomic E-state index is -0.0432. The third-order valence-electron chi connectivity index (χ3n) is 5.83. The largest absolute Gasteiger partial charge is 0.377 e. The van der Waals surface area contributed by atoms with Gasteiger partial charge in [-0.3, -0.25) is 9.69 Å². The van der Waals surface area contributed by atoms with Crippen LogP contribution in [0, 0.1) is 0 Å². The summed E-state index contributed by atoms with van der Waals surface area (Å²) in [4.78, 5) is 22.3. The first kappa shape index (κ1) is 21.5. The molecular weight excluding hydrogens is 388 g/mol. The van der Waals surface area contributed by atoms with Gasteiger partial charge in [0.2, 0.25) is 0 Å². The van der Waals surface area contributed by atoms with Crippen molar-refractivity contribution >= 4 is 11.6 Å². The molecule has 0 saturated carbocycles. The maximum absolute atomic E-state index is 13.4. The highest BCUT2D eigenvalue weighted by atomic mass is 16.5. The highest BCUT2D eigenvalue weighted by molar-refractivity contribution is 5.94. The van der Waals surface area contributed by atoms with Crippen LogP contribution in [0.4, 0.5) is 0 Å². The monoisotopic (exact) mass is 420 g/mol. The fourth-order valence-electron chi connectivity index (χ4n) is 4.27. The van der Waals surface area contributed by atoms with Crippen molar-refractivity contribution in [1.29, 1.82) is 0 Å². The Balaban J connectivity index is 1.56. The number of ether oxygens (including phenoxy) is 1. The summed E-state index contributed by atoms with van der Waals surface area (Å²) in [5.74, 6) is -0.0432. The van der Waals surface area contributed by atoms with Gasteiger partial charge in [-0.25, -0.2) is 4.98 Å². The predicted molar refractivity (Wildman–Crippen MR) is 122 cm³/mol. The van der Waals surface area contributed by atoms with Crippen LogP contribution in [0.2, 0.25) is 0 Å². The van der Waals surface area contributed by atoms with Crippen LogP contribution in [0.25, 0.3) is 5.65 Å². The highest BCUT2D eigenvalue weighted by Gasteiger charge is 2.26. The maximum Gasteiger partial charge on any atom is 0.274 e. The molecule has 1 fully saturated rings. The fourth-order valence-corrected chi connectivity index (χ4v) is 4.27. The van der Waals surface area contributed by atoms with Crippen LogP contribution in [0.5, 0.6) is 0 Å². The number of rotatable bonds is 8. The van der Waals surface area contributed by atoms with Gasteiger partial charge < -0.3 is 14.0 Å². The molecular formula is C25H32N4O2. The first-order chi connectivity index (χ1) is 15.2. The number of hydrogen-bond donors (Lipinski definition) is 0. The summed E-state index contributed by atoms with van der Waals surface area (Å²) in [6.45, 7) is 6.11. The van der Waals surface area contributed by atoms with Gasteiger partial charge >= 0.3 is 0 Å². The second-order valence-corrected chi connectivity index (χ2v) is 8.35. The van der Waals surface area contributed by atoms with E-state index in [-0.39, 0.29) is 12.0 Å². The summed E-state index contributed by atoms with van der Waals surface area (Å²) >= 11 is 0. The van der Waals surface area contributed by atoms with Crippen molar-refractivity contribution in [3.05, 3.63) is 71.7 Å². The fraction of sp³-hybridized carbons (Fsp3) is 0.440. The number of pyridine rings is 1. The third-order valence-corrected chi connectivity index (χ3v) is 5.83. The molecule has 1 amide bonds. The van der Waals surface area contributed by atoms with Gasteiger partial charge in [0, 0.05) is 39.5 Å². The van der Waals surface area contributed by atoms with Gasteiger partial charge in [0.15, 0.2) is 5.69 Å². The number of fused-ring (bicyclic) bond motifs is 1. The average molecular weight is 421 g/mol. The number of carbonyl (C=O) groups excluding carboxylic acids is 1. The van der Waals surface area contributed by atoms with Crippen molar-refractivity contribution < 1.29 is 9.53 Å². The maximum atomic E-state index is 13.4. The second-order valence-electron chi connectivity index (χ2n) is 8.35. The topological polar surface area (TPSA) is 50.1 Å². The Bertz CT molecular complexity index is 1000. The molecule has 3 heterocycles. The van der Waals surface area contributed by atoms with E-state index in [1.54, 1.807) is 4.90 Å². The smallest absolute Gasteiger partial charge is 0.274 e. The van der Waals surface area contributed by atoms with Crippen molar-refractivity contribution in [1.82, 2.24) is 19.2 Å². The molecule has 164 valence electrons. The number of amides is 1. The van der Waals surface area contributed by atoms with Crippen LogP contribution in [0.1, 0.15) is 47.9 Å². The molecule has 0 N–H and O–H groups in total. The van der Waals surface area contributed by atoms with E-state index >= 15 is 0 Å². The molecule has 1 saturated heterocycles. The van der Waals surface area contributed by atoms with Crippen molar-refractivity contribution in [2.45, 2.75) is 45.4 Å². The lowest BCUT2D eigenvalue weighted by atomic mass is 10.1. The molecule has 6 heteroatoms. The zero-order chi connectivity index (χ0) is 21.6. The lowest BCUT2D eigenvalue weighted by molar-refractivity contribution is -0.00264. The van der Waals surface area contributed by atoms with E-state index in [2.05, 4.69) is 16.2 Å². The normalized spacial score (nSPS) is 17.2. The van der Waals surface area contributed by atoms with Crippen molar-refractivity contribution in [3.63, 3.8) is 0 Å². The summed E-state index contributed by atoms with van der Waals surface area (Å²) in [6.07, 6.45) is 5.53. The molecule has 1 aliphatic heterocycles. The standard InChI is InChI=1S/C25H32N4O2/c1-3-16-31-21-12-9-14-28(18-21)19-22-24(26-23-13-7-8-15-29(22)23)25(30)27(2)17-20-10-5-4-6-11-20/h4-8,10-11,13,15,21H,3,9,12,14,16-19H2,1-2H3/t21-/m1/s1. The van der Waals surface area contributed by atoms with Crippen LogP contribution < -0.4 is 0 Å². The number of imidazole rings is 1. The van der Waals surface area contributed by atoms with Gasteiger partial charge in [-0.2, -0.15) is 0 Å². The molecule has 6 nitrogen and oxygen atoms in total. The first-order valence-corrected chi connectivity index (χ1v) is 11.2. The molecule has 0 unspecified atom stereocenters. The summed E-state index contributed by atoms with van der Waals surface area (Å²) in [7, 11) is 1.85. The Hall–Kier alpha value is -2.70. The van der Waals surface area contributed by atoms with Crippen LogP contribution in [-0.4, -0.2) is 57.9 Å². The van der Waals surface area contributed by atoms with E-state index in [4.69, 9.17) is 9.72 Å². The van der Waals surface area contributed by atoms with Gasteiger partial charge in [0.25, 0.3) is 5.91 Å². The average Bonchev–Trinajstić information content (AvgIpc) is 3.16. The molecule has 3 aromatic rings. The quantitative estimate of drug-likeness (QED) is 0.553. The van der Waals surface area contributed by atoms with Crippen molar-refractivity contribution in [2.75, 3.05) is 26.7 Å². The summed E-state index contributed by atoms with van der Waals surface area (Å²) < 4.78 is 8.07. The third kappa shape index (κ3) is 5.14. The highest BCUT2D eigenvalue weighted by Crippen LogP contribution is 2.21. The van der Waals surface area contributed by atoms with E-state index in [0.717, 1.165) is 55.9 Å². The van der Waals surface area contributed by atoms with Gasteiger partial charge in [-0.15, -0.1) is 0 Å². The SMILES string of the molecule is CCCO[C@@H]1CCCN(Cc2c(C(=O)N(C)Cc3ccccc3)nc3ccccn23)C1. The number of aromatic nitrogens is 2. The minimum Gasteiger partial charge on any atom is -0.377 e. The van der Waals surface area contributed by atoms with E-state index in [0.29, 0.717) is 18.8 Å². The number of carbonyl (C=O) groups is 1. The Morgan fingerprint density at radius 2 is 2.00 bits per heavy atom. The molecule has 1 aliphatic rings.